The maximum atomic E-state index is 6.73. The smallest absolute Gasteiger partial charge is 0.145 e. The monoisotopic (exact) mass is 537 g/mol. The summed E-state index contributed by atoms with van der Waals surface area (Å²) in [5.41, 5.74) is 7.42. The van der Waals surface area contributed by atoms with Crippen LogP contribution in [0.15, 0.2) is 168 Å². The number of hydrogen-bond acceptors (Lipinski definition) is 2. The van der Waals surface area contributed by atoms with E-state index in [4.69, 9.17) is 4.42 Å². The summed E-state index contributed by atoms with van der Waals surface area (Å²) in [5, 5.41) is 5.92. The van der Waals surface area contributed by atoms with Crippen molar-refractivity contribution in [1.82, 2.24) is 0 Å². The molecule has 198 valence electrons. The summed E-state index contributed by atoms with van der Waals surface area (Å²) in [6, 6.07) is 57.8. The average molecular weight is 538 g/mol. The molecule has 1 aromatic heterocycles. The lowest BCUT2D eigenvalue weighted by molar-refractivity contribution is 0.632. The van der Waals surface area contributed by atoms with E-state index in [1.54, 1.807) is 0 Å². The fourth-order valence-corrected chi connectivity index (χ4v) is 6.11. The van der Waals surface area contributed by atoms with Crippen LogP contribution in [0.5, 0.6) is 0 Å². The van der Waals surface area contributed by atoms with Crippen LogP contribution in [-0.2, 0) is 0 Å². The minimum atomic E-state index is 0.865. The van der Waals surface area contributed by atoms with Gasteiger partial charge in [-0.3, -0.25) is 0 Å². The highest BCUT2D eigenvalue weighted by Gasteiger charge is 2.24. The zero-order valence-electron chi connectivity index (χ0n) is 22.9. The van der Waals surface area contributed by atoms with Gasteiger partial charge in [-0.2, -0.15) is 0 Å². The van der Waals surface area contributed by atoms with Crippen LogP contribution in [0.4, 0.5) is 17.1 Å². The van der Waals surface area contributed by atoms with Gasteiger partial charge < -0.3 is 9.32 Å². The molecule has 42 heavy (non-hydrogen) atoms. The van der Waals surface area contributed by atoms with Gasteiger partial charge in [-0.05, 0) is 58.1 Å². The van der Waals surface area contributed by atoms with E-state index in [2.05, 4.69) is 163 Å². The second-order valence-electron chi connectivity index (χ2n) is 10.6. The molecule has 0 aliphatic heterocycles. The number of furan rings is 1. The molecule has 0 aliphatic carbocycles. The molecular weight excluding hydrogens is 510 g/mol. The van der Waals surface area contributed by atoms with Gasteiger partial charge in [0, 0.05) is 27.6 Å². The topological polar surface area (TPSA) is 16.4 Å². The molecule has 0 N–H and O–H groups in total. The highest BCUT2D eigenvalue weighted by molar-refractivity contribution is 6.06. The third kappa shape index (κ3) is 4.05. The van der Waals surface area contributed by atoms with Gasteiger partial charge in [0.2, 0.25) is 0 Å². The first-order valence-corrected chi connectivity index (χ1v) is 14.3. The van der Waals surface area contributed by atoms with Crippen LogP contribution in [0.3, 0.4) is 0 Å². The van der Waals surface area contributed by atoms with E-state index in [9.17, 15) is 0 Å². The molecule has 0 bridgehead atoms. The van der Waals surface area contributed by atoms with Gasteiger partial charge in [0.1, 0.15) is 11.3 Å². The SMILES string of the molecule is c1ccc(-c2c(-c3ccccc3N(c3ccc4ccccc4c3)c3cccc4ccccc34)oc3ccccc23)cc1. The van der Waals surface area contributed by atoms with Gasteiger partial charge in [-0.1, -0.05) is 127 Å². The Morgan fingerprint density at radius 1 is 0.429 bits per heavy atom. The first-order valence-electron chi connectivity index (χ1n) is 14.3. The minimum absolute atomic E-state index is 0.865. The van der Waals surface area contributed by atoms with Crippen LogP contribution < -0.4 is 4.90 Å². The summed E-state index contributed by atoms with van der Waals surface area (Å²) in [5.74, 6) is 0.865. The maximum Gasteiger partial charge on any atom is 0.145 e. The van der Waals surface area contributed by atoms with E-state index >= 15 is 0 Å². The molecule has 0 atom stereocenters. The van der Waals surface area contributed by atoms with Gasteiger partial charge in [0.25, 0.3) is 0 Å². The van der Waals surface area contributed by atoms with Gasteiger partial charge in [-0.25, -0.2) is 0 Å². The van der Waals surface area contributed by atoms with Crippen molar-refractivity contribution in [2.75, 3.05) is 4.90 Å². The lowest BCUT2D eigenvalue weighted by Gasteiger charge is -2.29. The van der Waals surface area contributed by atoms with Crippen LogP contribution in [0.2, 0.25) is 0 Å². The quantitative estimate of drug-likeness (QED) is 0.217. The molecule has 0 saturated heterocycles. The summed E-state index contributed by atoms with van der Waals surface area (Å²) in [6.45, 7) is 0. The lowest BCUT2D eigenvalue weighted by Crippen LogP contribution is -2.11. The largest absolute Gasteiger partial charge is 0.455 e. The Morgan fingerprint density at radius 2 is 1.07 bits per heavy atom. The summed E-state index contributed by atoms with van der Waals surface area (Å²) in [6.07, 6.45) is 0. The van der Waals surface area contributed by atoms with Crippen molar-refractivity contribution in [3.05, 3.63) is 164 Å². The Bertz CT molecular complexity index is 2200. The van der Waals surface area contributed by atoms with Crippen molar-refractivity contribution in [3.8, 4) is 22.5 Å². The van der Waals surface area contributed by atoms with Crippen LogP contribution in [0, 0.1) is 0 Å². The van der Waals surface area contributed by atoms with Gasteiger partial charge in [-0.15, -0.1) is 0 Å². The van der Waals surface area contributed by atoms with Crippen LogP contribution in [0.1, 0.15) is 0 Å². The molecule has 2 nitrogen and oxygen atoms in total. The van der Waals surface area contributed by atoms with E-state index in [0.29, 0.717) is 0 Å². The second-order valence-corrected chi connectivity index (χ2v) is 10.6. The molecule has 0 aliphatic rings. The van der Waals surface area contributed by atoms with Crippen molar-refractivity contribution in [2.45, 2.75) is 0 Å². The highest BCUT2D eigenvalue weighted by Crippen LogP contribution is 2.48. The normalized spacial score (nSPS) is 11.3. The molecule has 0 radical (unpaired) electrons. The summed E-state index contributed by atoms with van der Waals surface area (Å²) >= 11 is 0. The standard InChI is InChI=1S/C40H27NO/c1-2-15-30(16-3-1)39-35-21-9-11-24-38(35)42-40(39)34-20-8-10-22-37(34)41(32-26-25-28-13-4-5-17-31(28)27-32)36-23-12-18-29-14-6-7-19-33(29)36/h1-27H. The zero-order valence-corrected chi connectivity index (χ0v) is 22.9. The molecule has 7 aromatic carbocycles. The molecule has 8 aromatic rings. The first-order chi connectivity index (χ1) is 20.8. The molecule has 0 unspecified atom stereocenters. The van der Waals surface area contributed by atoms with E-state index in [0.717, 1.165) is 50.5 Å². The van der Waals surface area contributed by atoms with Crippen LogP contribution >= 0.6 is 0 Å². The summed E-state index contributed by atoms with van der Waals surface area (Å²) < 4.78 is 6.73. The van der Waals surface area contributed by atoms with Crippen LogP contribution in [-0.4, -0.2) is 0 Å². The Kier molecular flexibility index (Phi) is 5.82. The molecule has 8 rings (SSSR count). The maximum absolute atomic E-state index is 6.73. The number of rotatable bonds is 5. The van der Waals surface area contributed by atoms with Gasteiger partial charge >= 0.3 is 0 Å². The zero-order chi connectivity index (χ0) is 27.9. The van der Waals surface area contributed by atoms with E-state index in [1.165, 1.54) is 21.5 Å². The molecule has 2 heteroatoms. The Balaban J connectivity index is 1.44. The van der Waals surface area contributed by atoms with E-state index in [1.807, 2.05) is 6.07 Å². The molecule has 0 fully saturated rings. The van der Waals surface area contributed by atoms with Crippen molar-refractivity contribution >= 4 is 49.6 Å². The van der Waals surface area contributed by atoms with Gasteiger partial charge in [0.15, 0.2) is 0 Å². The second kappa shape index (κ2) is 10.1. The van der Waals surface area contributed by atoms with Gasteiger partial charge in [0.05, 0.1) is 11.4 Å². The summed E-state index contributed by atoms with van der Waals surface area (Å²) in [7, 11) is 0. The minimum Gasteiger partial charge on any atom is -0.455 e. The first kappa shape index (κ1) is 24.2. The van der Waals surface area contributed by atoms with E-state index < -0.39 is 0 Å². The Labute approximate surface area is 244 Å². The molecule has 0 saturated carbocycles. The number of benzene rings is 7. The van der Waals surface area contributed by atoms with E-state index in [-0.39, 0.29) is 0 Å². The van der Waals surface area contributed by atoms with Crippen molar-refractivity contribution < 1.29 is 4.42 Å². The molecule has 0 spiro atoms. The predicted octanol–water partition coefficient (Wildman–Crippen LogP) is 11.5. The number of hydrogen-bond donors (Lipinski definition) is 0. The number of para-hydroxylation sites is 2. The third-order valence-corrected chi connectivity index (χ3v) is 8.05. The van der Waals surface area contributed by atoms with Crippen molar-refractivity contribution in [2.24, 2.45) is 0 Å². The Hall–Kier alpha value is -5.60. The highest BCUT2D eigenvalue weighted by atomic mass is 16.3. The Morgan fingerprint density at radius 3 is 1.95 bits per heavy atom. The van der Waals surface area contributed by atoms with Crippen molar-refractivity contribution in [1.29, 1.82) is 0 Å². The number of anilines is 3. The van der Waals surface area contributed by atoms with Crippen molar-refractivity contribution in [3.63, 3.8) is 0 Å². The third-order valence-electron chi connectivity index (χ3n) is 8.05. The molecular formula is C40H27NO. The fraction of sp³-hybridized carbons (Fsp3) is 0. The summed E-state index contributed by atoms with van der Waals surface area (Å²) in [4.78, 5) is 2.38. The molecule has 1 heterocycles. The predicted molar refractivity (Wildman–Crippen MR) is 177 cm³/mol. The number of fused-ring (bicyclic) bond motifs is 3. The molecule has 0 amide bonds. The average Bonchev–Trinajstić information content (AvgIpc) is 3.45. The number of nitrogens with zero attached hydrogens (tertiary/aromatic N) is 1. The fourth-order valence-electron chi connectivity index (χ4n) is 6.11. The van der Waals surface area contributed by atoms with Crippen LogP contribution in [0.25, 0.3) is 55.0 Å². The lowest BCUT2D eigenvalue weighted by atomic mass is 9.96.